The SMILES string of the molecule is CC(C)n1cc(C2CC(=O)N2S(=O)(=O)Cl)cn1. The van der Waals surface area contributed by atoms with Crippen LogP contribution in [0.5, 0.6) is 0 Å². The fourth-order valence-electron chi connectivity index (χ4n) is 1.73. The summed E-state index contributed by atoms with van der Waals surface area (Å²) in [6.45, 7) is 3.91. The first-order valence-corrected chi connectivity index (χ1v) is 7.38. The summed E-state index contributed by atoms with van der Waals surface area (Å²) < 4.78 is 24.8. The smallest absolute Gasteiger partial charge is 0.274 e. The molecule has 0 bridgehead atoms. The predicted molar refractivity (Wildman–Crippen MR) is 61.6 cm³/mol. The minimum atomic E-state index is -4.00. The van der Waals surface area contributed by atoms with E-state index < -0.39 is 21.2 Å². The van der Waals surface area contributed by atoms with Crippen LogP contribution in [0.1, 0.15) is 37.9 Å². The average Bonchev–Trinajstić information content (AvgIpc) is 2.59. The van der Waals surface area contributed by atoms with Gasteiger partial charge in [-0.2, -0.15) is 13.5 Å². The molecule has 0 aromatic carbocycles. The maximum absolute atomic E-state index is 11.2. The van der Waals surface area contributed by atoms with Crippen molar-refractivity contribution in [2.75, 3.05) is 0 Å². The first kappa shape index (κ1) is 12.4. The quantitative estimate of drug-likeness (QED) is 0.615. The van der Waals surface area contributed by atoms with Gasteiger partial charge in [0, 0.05) is 28.5 Å². The lowest BCUT2D eigenvalue weighted by Gasteiger charge is -2.36. The second-order valence-electron chi connectivity index (χ2n) is 4.20. The van der Waals surface area contributed by atoms with E-state index in [1.165, 1.54) is 0 Å². The zero-order valence-electron chi connectivity index (χ0n) is 9.37. The highest BCUT2D eigenvalue weighted by molar-refractivity contribution is 8.12. The maximum atomic E-state index is 11.2. The molecule has 2 heterocycles. The summed E-state index contributed by atoms with van der Waals surface area (Å²) in [5.41, 5.74) is 0.683. The van der Waals surface area contributed by atoms with Crippen molar-refractivity contribution in [2.24, 2.45) is 0 Å². The van der Waals surface area contributed by atoms with Gasteiger partial charge in [-0.3, -0.25) is 9.48 Å². The molecule has 2 rings (SSSR count). The molecule has 0 saturated carbocycles. The third kappa shape index (κ3) is 2.16. The van der Waals surface area contributed by atoms with Crippen molar-refractivity contribution in [1.82, 2.24) is 14.1 Å². The molecule has 17 heavy (non-hydrogen) atoms. The van der Waals surface area contributed by atoms with Gasteiger partial charge in [-0.15, -0.1) is 0 Å². The predicted octanol–water partition coefficient (Wildman–Crippen LogP) is 1.22. The molecule has 1 aliphatic heterocycles. The minimum Gasteiger partial charge on any atom is -0.274 e. The molecular formula is C9H12ClN3O3S. The van der Waals surface area contributed by atoms with Crippen LogP contribution in [0.2, 0.25) is 0 Å². The van der Waals surface area contributed by atoms with Crippen molar-refractivity contribution >= 4 is 25.8 Å². The van der Waals surface area contributed by atoms with Crippen LogP contribution < -0.4 is 0 Å². The Morgan fingerprint density at radius 1 is 1.53 bits per heavy atom. The minimum absolute atomic E-state index is 0.149. The van der Waals surface area contributed by atoms with E-state index in [1.54, 1.807) is 17.1 Å². The van der Waals surface area contributed by atoms with E-state index in [-0.39, 0.29) is 12.5 Å². The second-order valence-corrected chi connectivity index (χ2v) is 6.59. The first-order valence-electron chi connectivity index (χ1n) is 5.11. The third-order valence-electron chi connectivity index (χ3n) is 2.67. The molecule has 8 heteroatoms. The standard InChI is InChI=1S/C9H12ClN3O3S/c1-6(2)12-5-7(4-11-12)8-3-9(14)13(8)17(10,15)16/h4-6,8H,3H2,1-2H3. The number of rotatable bonds is 3. The Hall–Kier alpha value is -1.08. The molecule has 1 aromatic heterocycles. The van der Waals surface area contributed by atoms with E-state index in [0.29, 0.717) is 9.87 Å². The van der Waals surface area contributed by atoms with E-state index in [2.05, 4.69) is 5.10 Å². The highest BCUT2D eigenvalue weighted by Crippen LogP contribution is 2.38. The Morgan fingerprint density at radius 2 is 2.18 bits per heavy atom. The summed E-state index contributed by atoms with van der Waals surface area (Å²) in [4.78, 5) is 11.2. The van der Waals surface area contributed by atoms with Gasteiger partial charge in [0.05, 0.1) is 18.7 Å². The molecule has 0 N–H and O–H groups in total. The molecule has 1 amide bonds. The van der Waals surface area contributed by atoms with Gasteiger partial charge < -0.3 is 0 Å². The number of carbonyl (C=O) groups excluding carboxylic acids is 1. The van der Waals surface area contributed by atoms with Crippen LogP contribution in [0, 0.1) is 0 Å². The average molecular weight is 278 g/mol. The zero-order valence-corrected chi connectivity index (χ0v) is 10.9. The van der Waals surface area contributed by atoms with Crippen LogP contribution in [-0.4, -0.2) is 28.4 Å². The molecule has 1 atom stereocenters. The molecule has 1 saturated heterocycles. The highest BCUT2D eigenvalue weighted by Gasteiger charge is 2.45. The van der Waals surface area contributed by atoms with Gasteiger partial charge in [0.25, 0.3) is 0 Å². The monoisotopic (exact) mass is 277 g/mol. The zero-order chi connectivity index (χ0) is 12.8. The van der Waals surface area contributed by atoms with Gasteiger partial charge in [-0.1, -0.05) is 0 Å². The second kappa shape index (κ2) is 3.99. The summed E-state index contributed by atoms with van der Waals surface area (Å²) in [6.07, 6.45) is 3.44. The van der Waals surface area contributed by atoms with Crippen molar-refractivity contribution in [1.29, 1.82) is 0 Å². The van der Waals surface area contributed by atoms with Crippen molar-refractivity contribution in [3.05, 3.63) is 18.0 Å². The molecule has 0 radical (unpaired) electrons. The molecule has 1 aromatic rings. The number of amides is 1. The van der Waals surface area contributed by atoms with Gasteiger partial charge >= 0.3 is 9.24 Å². The first-order chi connectivity index (χ1) is 7.80. The fraction of sp³-hybridized carbons (Fsp3) is 0.556. The van der Waals surface area contributed by atoms with E-state index in [0.717, 1.165) is 0 Å². The Kier molecular flexibility index (Phi) is 2.90. The van der Waals surface area contributed by atoms with Gasteiger partial charge in [0.1, 0.15) is 0 Å². The van der Waals surface area contributed by atoms with E-state index in [1.807, 2.05) is 13.8 Å². The number of aromatic nitrogens is 2. The maximum Gasteiger partial charge on any atom is 0.324 e. The van der Waals surface area contributed by atoms with Crippen molar-refractivity contribution in [2.45, 2.75) is 32.4 Å². The summed E-state index contributed by atoms with van der Waals surface area (Å²) >= 11 is 0. The number of β-lactam (4-membered cyclic amide) rings is 1. The number of hydrogen-bond donors (Lipinski definition) is 0. The van der Waals surface area contributed by atoms with Gasteiger partial charge in [0.2, 0.25) is 5.91 Å². The Balaban J connectivity index is 2.26. The lowest BCUT2D eigenvalue weighted by Crippen LogP contribution is -2.47. The van der Waals surface area contributed by atoms with Gasteiger partial charge in [-0.05, 0) is 13.8 Å². The Morgan fingerprint density at radius 3 is 2.59 bits per heavy atom. The van der Waals surface area contributed by atoms with E-state index >= 15 is 0 Å². The van der Waals surface area contributed by atoms with Crippen LogP contribution >= 0.6 is 10.7 Å². The van der Waals surface area contributed by atoms with Gasteiger partial charge in [-0.25, -0.2) is 4.31 Å². The van der Waals surface area contributed by atoms with Crippen LogP contribution in [-0.2, 0) is 14.0 Å². The van der Waals surface area contributed by atoms with Gasteiger partial charge in [0.15, 0.2) is 0 Å². The summed E-state index contributed by atoms with van der Waals surface area (Å²) in [7, 11) is 1.19. The van der Waals surface area contributed by atoms with Crippen molar-refractivity contribution < 1.29 is 13.2 Å². The largest absolute Gasteiger partial charge is 0.324 e. The molecule has 1 fully saturated rings. The van der Waals surface area contributed by atoms with Crippen LogP contribution in [0.3, 0.4) is 0 Å². The lowest BCUT2D eigenvalue weighted by atomic mass is 10.0. The number of hydrogen-bond acceptors (Lipinski definition) is 4. The van der Waals surface area contributed by atoms with Crippen LogP contribution in [0.25, 0.3) is 0 Å². The normalized spacial score (nSPS) is 20.8. The number of carbonyl (C=O) groups is 1. The van der Waals surface area contributed by atoms with Crippen molar-refractivity contribution in [3.63, 3.8) is 0 Å². The van der Waals surface area contributed by atoms with E-state index in [4.69, 9.17) is 10.7 Å². The van der Waals surface area contributed by atoms with Crippen LogP contribution in [0.15, 0.2) is 12.4 Å². The molecule has 1 aliphatic rings. The number of nitrogens with zero attached hydrogens (tertiary/aromatic N) is 3. The lowest BCUT2D eigenvalue weighted by molar-refractivity contribution is -0.137. The molecule has 0 spiro atoms. The summed E-state index contributed by atoms with van der Waals surface area (Å²) in [5, 5.41) is 4.10. The molecule has 6 nitrogen and oxygen atoms in total. The van der Waals surface area contributed by atoms with Crippen LogP contribution in [0.4, 0.5) is 0 Å². The van der Waals surface area contributed by atoms with Crippen molar-refractivity contribution in [3.8, 4) is 0 Å². The fourth-order valence-corrected chi connectivity index (χ4v) is 3.07. The molecule has 0 aliphatic carbocycles. The topological polar surface area (TPSA) is 72.3 Å². The van der Waals surface area contributed by atoms with E-state index in [9.17, 15) is 13.2 Å². The molecule has 1 unspecified atom stereocenters. The Labute approximate surface area is 104 Å². The summed E-state index contributed by atoms with van der Waals surface area (Å²) in [6, 6.07) is -0.335. The number of halogens is 1. The molecule has 94 valence electrons. The molecular weight excluding hydrogens is 266 g/mol. The third-order valence-corrected chi connectivity index (χ3v) is 4.04. The summed E-state index contributed by atoms with van der Waals surface area (Å²) in [5.74, 6) is -0.484. The highest BCUT2D eigenvalue weighted by atomic mass is 35.7. The Bertz CT molecular complexity index is 552.